The van der Waals surface area contributed by atoms with E-state index in [1.165, 1.54) is 0 Å². The van der Waals surface area contributed by atoms with E-state index in [4.69, 9.17) is 14.2 Å². The molecular weight excluding hydrogens is 408 g/mol. The second-order valence-corrected chi connectivity index (χ2v) is 7.92. The van der Waals surface area contributed by atoms with Crippen LogP contribution in [0, 0.1) is 0 Å². The molecule has 1 fully saturated rings. The number of hydrogen-bond acceptors (Lipinski definition) is 5. The van der Waals surface area contributed by atoms with Gasteiger partial charge in [0.2, 0.25) is 17.6 Å². The van der Waals surface area contributed by atoms with Crippen LogP contribution in [0.15, 0.2) is 42.5 Å². The fraction of sp³-hybridized carbons (Fsp3) is 0.440. The van der Waals surface area contributed by atoms with Crippen molar-refractivity contribution in [2.75, 3.05) is 34.4 Å². The van der Waals surface area contributed by atoms with Gasteiger partial charge in [-0.2, -0.15) is 0 Å². The molecule has 1 aliphatic rings. The summed E-state index contributed by atoms with van der Waals surface area (Å²) >= 11 is 0. The first-order chi connectivity index (χ1) is 15.5. The van der Waals surface area contributed by atoms with E-state index in [1.54, 1.807) is 33.5 Å². The largest absolute Gasteiger partial charge is 0.493 e. The molecule has 1 aliphatic heterocycles. The third-order valence-electron chi connectivity index (χ3n) is 5.78. The minimum atomic E-state index is 0.0492. The van der Waals surface area contributed by atoms with Gasteiger partial charge < -0.3 is 24.4 Å². The van der Waals surface area contributed by atoms with Gasteiger partial charge in [-0.15, -0.1) is 0 Å². The van der Waals surface area contributed by atoms with E-state index in [0.29, 0.717) is 36.8 Å². The van der Waals surface area contributed by atoms with Gasteiger partial charge in [-0.1, -0.05) is 30.3 Å². The van der Waals surface area contributed by atoms with Crippen LogP contribution >= 0.6 is 0 Å². The fourth-order valence-electron chi connectivity index (χ4n) is 4.00. The van der Waals surface area contributed by atoms with Crippen molar-refractivity contribution in [3.8, 4) is 17.2 Å². The van der Waals surface area contributed by atoms with Gasteiger partial charge in [0.1, 0.15) is 0 Å². The molecule has 2 amide bonds. The van der Waals surface area contributed by atoms with Gasteiger partial charge >= 0.3 is 0 Å². The second-order valence-electron chi connectivity index (χ2n) is 7.92. The Hall–Kier alpha value is -3.22. The van der Waals surface area contributed by atoms with E-state index in [2.05, 4.69) is 5.32 Å². The number of nitrogens with zero attached hydrogens (tertiary/aromatic N) is 1. The lowest BCUT2D eigenvalue weighted by molar-refractivity contribution is -0.131. The first-order valence-electron chi connectivity index (χ1n) is 10.9. The van der Waals surface area contributed by atoms with Gasteiger partial charge in [0.15, 0.2) is 11.5 Å². The molecule has 0 aliphatic carbocycles. The van der Waals surface area contributed by atoms with Gasteiger partial charge in [-0.05, 0) is 42.5 Å². The van der Waals surface area contributed by atoms with Crippen molar-refractivity contribution < 1.29 is 23.8 Å². The lowest BCUT2D eigenvalue weighted by atomic mass is 10.0. The molecule has 3 rings (SSSR count). The molecule has 7 nitrogen and oxygen atoms in total. The van der Waals surface area contributed by atoms with E-state index in [0.717, 1.165) is 30.4 Å². The molecule has 7 heteroatoms. The Morgan fingerprint density at radius 1 is 0.938 bits per heavy atom. The fourth-order valence-corrected chi connectivity index (χ4v) is 4.00. The molecule has 0 aromatic heterocycles. The number of amides is 2. The van der Waals surface area contributed by atoms with Crippen molar-refractivity contribution >= 4 is 11.8 Å². The smallest absolute Gasteiger partial charge is 0.226 e. The van der Waals surface area contributed by atoms with E-state index in [9.17, 15) is 9.59 Å². The molecular formula is C25H32N2O5. The summed E-state index contributed by atoms with van der Waals surface area (Å²) in [6.07, 6.45) is 2.99. The zero-order valence-electron chi connectivity index (χ0n) is 19.1. The number of nitrogens with one attached hydrogen (secondary N) is 1. The Labute approximate surface area is 189 Å². The summed E-state index contributed by atoms with van der Waals surface area (Å²) in [4.78, 5) is 27.0. The van der Waals surface area contributed by atoms with Crippen LogP contribution in [0.25, 0.3) is 0 Å². The van der Waals surface area contributed by atoms with Crippen LogP contribution < -0.4 is 19.5 Å². The van der Waals surface area contributed by atoms with Crippen LogP contribution in [0.2, 0.25) is 0 Å². The highest BCUT2D eigenvalue weighted by molar-refractivity contribution is 5.80. The summed E-state index contributed by atoms with van der Waals surface area (Å²) in [5.41, 5.74) is 1.97. The number of piperidine rings is 1. The van der Waals surface area contributed by atoms with Crippen molar-refractivity contribution in [1.82, 2.24) is 10.2 Å². The van der Waals surface area contributed by atoms with Crippen LogP contribution in [0.3, 0.4) is 0 Å². The maximum atomic E-state index is 12.8. The standard InChI is InChI=1S/C25H32N2O5/c1-30-21-15-19(16-22(31-2)25(21)32-3)17-24(29)27-13-11-20(12-14-27)26-23(28)10-9-18-7-5-4-6-8-18/h4-8,15-16,20H,9-14,17H2,1-3H3,(H,26,28). The van der Waals surface area contributed by atoms with Crippen molar-refractivity contribution in [3.05, 3.63) is 53.6 Å². The summed E-state index contributed by atoms with van der Waals surface area (Å²) in [7, 11) is 4.67. The van der Waals surface area contributed by atoms with Gasteiger partial charge in [0.25, 0.3) is 0 Å². The van der Waals surface area contributed by atoms with Crippen LogP contribution in [0.1, 0.15) is 30.4 Å². The number of rotatable bonds is 9. The van der Waals surface area contributed by atoms with Gasteiger partial charge in [0.05, 0.1) is 27.8 Å². The number of ether oxygens (including phenoxy) is 3. The van der Waals surface area contributed by atoms with E-state index in [1.807, 2.05) is 35.2 Å². The summed E-state index contributed by atoms with van der Waals surface area (Å²) < 4.78 is 16.1. The molecule has 172 valence electrons. The molecule has 2 aromatic carbocycles. The number of carbonyl (C=O) groups excluding carboxylic acids is 2. The average Bonchev–Trinajstić information content (AvgIpc) is 2.83. The number of methoxy groups -OCH3 is 3. The van der Waals surface area contributed by atoms with Gasteiger partial charge in [-0.25, -0.2) is 0 Å². The first kappa shape index (κ1) is 23.4. The summed E-state index contributed by atoms with van der Waals surface area (Å²) in [5, 5.41) is 3.12. The lowest BCUT2D eigenvalue weighted by Gasteiger charge is -2.32. The number of carbonyl (C=O) groups is 2. The molecule has 0 radical (unpaired) electrons. The van der Waals surface area contributed by atoms with Crippen molar-refractivity contribution in [2.45, 2.75) is 38.1 Å². The SMILES string of the molecule is COc1cc(CC(=O)N2CCC(NC(=O)CCc3ccccc3)CC2)cc(OC)c1OC. The maximum Gasteiger partial charge on any atom is 0.226 e. The summed E-state index contributed by atoms with van der Waals surface area (Å²) in [6.45, 7) is 1.26. The topological polar surface area (TPSA) is 77.1 Å². The van der Waals surface area contributed by atoms with E-state index in [-0.39, 0.29) is 24.3 Å². The molecule has 0 atom stereocenters. The number of benzene rings is 2. The Morgan fingerprint density at radius 2 is 1.56 bits per heavy atom. The maximum absolute atomic E-state index is 12.8. The monoisotopic (exact) mass is 440 g/mol. The minimum Gasteiger partial charge on any atom is -0.493 e. The predicted octanol–water partition coefficient (Wildman–Crippen LogP) is 2.99. The molecule has 0 spiro atoms. The van der Waals surface area contributed by atoms with Crippen LogP contribution in [0.5, 0.6) is 17.2 Å². The van der Waals surface area contributed by atoms with Crippen molar-refractivity contribution in [1.29, 1.82) is 0 Å². The van der Waals surface area contributed by atoms with Crippen LogP contribution in [-0.4, -0.2) is 57.2 Å². The Bertz CT molecular complexity index is 883. The van der Waals surface area contributed by atoms with Crippen LogP contribution in [-0.2, 0) is 22.4 Å². The Morgan fingerprint density at radius 3 is 2.12 bits per heavy atom. The van der Waals surface area contributed by atoms with Gasteiger partial charge in [-0.3, -0.25) is 9.59 Å². The number of hydrogen-bond donors (Lipinski definition) is 1. The molecule has 32 heavy (non-hydrogen) atoms. The van der Waals surface area contributed by atoms with E-state index < -0.39 is 0 Å². The third-order valence-corrected chi connectivity index (χ3v) is 5.78. The molecule has 1 N–H and O–H groups in total. The molecule has 1 heterocycles. The van der Waals surface area contributed by atoms with Crippen molar-refractivity contribution in [3.63, 3.8) is 0 Å². The quantitative estimate of drug-likeness (QED) is 0.649. The molecule has 0 saturated carbocycles. The predicted molar refractivity (Wildman–Crippen MR) is 122 cm³/mol. The van der Waals surface area contributed by atoms with Crippen LogP contribution in [0.4, 0.5) is 0 Å². The highest BCUT2D eigenvalue weighted by Gasteiger charge is 2.24. The molecule has 2 aromatic rings. The molecule has 1 saturated heterocycles. The molecule has 0 bridgehead atoms. The first-order valence-corrected chi connectivity index (χ1v) is 10.9. The highest BCUT2D eigenvalue weighted by atomic mass is 16.5. The lowest BCUT2D eigenvalue weighted by Crippen LogP contribution is -2.47. The van der Waals surface area contributed by atoms with E-state index >= 15 is 0 Å². The zero-order valence-corrected chi connectivity index (χ0v) is 19.1. The normalized spacial score (nSPS) is 14.0. The average molecular weight is 441 g/mol. The summed E-state index contributed by atoms with van der Waals surface area (Å²) in [5.74, 6) is 1.69. The highest BCUT2D eigenvalue weighted by Crippen LogP contribution is 2.38. The number of likely N-dealkylation sites (tertiary alicyclic amines) is 1. The molecule has 0 unspecified atom stereocenters. The summed E-state index contributed by atoms with van der Waals surface area (Å²) in [6, 6.07) is 13.7. The van der Waals surface area contributed by atoms with Gasteiger partial charge in [0, 0.05) is 25.6 Å². The Kier molecular flexibility index (Phi) is 8.36. The number of aryl methyl sites for hydroxylation is 1. The second kappa shape index (κ2) is 11.4. The third kappa shape index (κ3) is 6.15. The minimum absolute atomic E-state index is 0.0492. The zero-order chi connectivity index (χ0) is 22.9. The van der Waals surface area contributed by atoms with Crippen molar-refractivity contribution in [2.24, 2.45) is 0 Å². The Balaban J connectivity index is 1.47.